The molecule has 3 aromatic rings. The second-order valence-corrected chi connectivity index (χ2v) is 7.63. The lowest BCUT2D eigenvalue weighted by Crippen LogP contribution is -2.26. The lowest BCUT2D eigenvalue weighted by molar-refractivity contribution is -0.384. The molecule has 0 saturated heterocycles. The maximum Gasteiger partial charge on any atom is 0.311 e. The van der Waals surface area contributed by atoms with Crippen LogP contribution in [-0.4, -0.2) is 47.8 Å². The number of rotatable bonds is 9. The zero-order valence-electron chi connectivity index (χ0n) is 18.0. The van der Waals surface area contributed by atoms with Gasteiger partial charge in [-0.25, -0.2) is 4.98 Å². The molecule has 1 aromatic heterocycles. The number of hydrogen-bond donors (Lipinski definition) is 0. The van der Waals surface area contributed by atoms with Crippen LogP contribution in [0.1, 0.15) is 27.9 Å². The Balaban J connectivity index is 2.13. The van der Waals surface area contributed by atoms with Gasteiger partial charge in [0.1, 0.15) is 0 Å². The Morgan fingerprint density at radius 3 is 2.45 bits per heavy atom. The molecule has 0 amide bonds. The summed E-state index contributed by atoms with van der Waals surface area (Å²) in [5.41, 5.74) is 2.52. The molecule has 0 unspecified atom stereocenters. The van der Waals surface area contributed by atoms with E-state index in [0.29, 0.717) is 23.4 Å². The number of nitrogens with zero attached hydrogens (tertiary/aromatic N) is 4. The number of benzene rings is 2. The van der Waals surface area contributed by atoms with Crippen LogP contribution in [0.25, 0.3) is 0 Å². The van der Waals surface area contributed by atoms with Crippen molar-refractivity contribution < 1.29 is 9.72 Å². The Bertz CT molecular complexity index is 1070. The van der Waals surface area contributed by atoms with Crippen molar-refractivity contribution in [1.82, 2.24) is 9.88 Å². The van der Waals surface area contributed by atoms with Gasteiger partial charge in [-0.1, -0.05) is 42.0 Å². The molecule has 0 saturated carbocycles. The van der Waals surface area contributed by atoms with E-state index in [4.69, 9.17) is 0 Å². The number of anilines is 2. The zero-order chi connectivity index (χ0) is 22.4. The molecule has 0 spiro atoms. The second kappa shape index (κ2) is 9.95. The van der Waals surface area contributed by atoms with E-state index in [2.05, 4.69) is 9.88 Å². The molecular formula is C24H26N4O3. The fourth-order valence-corrected chi connectivity index (χ4v) is 3.44. The van der Waals surface area contributed by atoms with E-state index in [0.717, 1.165) is 18.5 Å². The standard InChI is InChI=1S/C24H26N4O3/c1-18-12-13-21(20(17-18)23(29)19-9-5-4-6-10-19)27(16-8-15-26(2)3)24-22(28(30)31)11-7-14-25-24/h4-7,9-14,17H,8,15-16H2,1-3H3. The minimum Gasteiger partial charge on any atom is -0.320 e. The molecule has 7 heteroatoms. The average molecular weight is 418 g/mol. The first-order valence-electron chi connectivity index (χ1n) is 10.1. The van der Waals surface area contributed by atoms with Gasteiger partial charge in [0.25, 0.3) is 0 Å². The van der Waals surface area contributed by atoms with E-state index in [9.17, 15) is 14.9 Å². The van der Waals surface area contributed by atoms with Crippen LogP contribution in [0.2, 0.25) is 0 Å². The molecule has 0 bridgehead atoms. The Morgan fingerprint density at radius 1 is 1.03 bits per heavy atom. The number of hydrogen-bond acceptors (Lipinski definition) is 6. The van der Waals surface area contributed by atoms with Gasteiger partial charge in [0.2, 0.25) is 5.82 Å². The van der Waals surface area contributed by atoms with E-state index in [1.807, 2.05) is 57.4 Å². The topological polar surface area (TPSA) is 79.6 Å². The van der Waals surface area contributed by atoms with Gasteiger partial charge in [-0.15, -0.1) is 0 Å². The third kappa shape index (κ3) is 5.32. The van der Waals surface area contributed by atoms with Crippen molar-refractivity contribution in [2.24, 2.45) is 0 Å². The molecule has 7 nitrogen and oxygen atoms in total. The van der Waals surface area contributed by atoms with Crippen molar-refractivity contribution in [3.05, 3.63) is 93.7 Å². The van der Waals surface area contributed by atoms with Gasteiger partial charge in [0, 0.05) is 29.9 Å². The molecule has 0 N–H and O–H groups in total. The summed E-state index contributed by atoms with van der Waals surface area (Å²) in [6.45, 7) is 3.20. The third-order valence-corrected chi connectivity index (χ3v) is 4.93. The van der Waals surface area contributed by atoms with Gasteiger partial charge in [-0.2, -0.15) is 0 Å². The van der Waals surface area contributed by atoms with E-state index >= 15 is 0 Å². The van der Waals surface area contributed by atoms with Crippen LogP contribution in [0, 0.1) is 17.0 Å². The number of nitro groups is 1. The molecule has 0 aliphatic heterocycles. The van der Waals surface area contributed by atoms with E-state index in [1.165, 1.54) is 12.3 Å². The molecule has 160 valence electrons. The Kier molecular flexibility index (Phi) is 7.10. The second-order valence-electron chi connectivity index (χ2n) is 7.63. The number of ketones is 1. The largest absolute Gasteiger partial charge is 0.320 e. The normalized spacial score (nSPS) is 10.8. The van der Waals surface area contributed by atoms with Crippen LogP contribution in [-0.2, 0) is 0 Å². The number of aromatic nitrogens is 1. The first-order chi connectivity index (χ1) is 14.9. The molecule has 31 heavy (non-hydrogen) atoms. The minimum absolute atomic E-state index is 0.0916. The van der Waals surface area contributed by atoms with Gasteiger partial charge < -0.3 is 9.80 Å². The molecular weight excluding hydrogens is 392 g/mol. The highest BCUT2D eigenvalue weighted by Crippen LogP contribution is 2.35. The molecule has 0 radical (unpaired) electrons. The summed E-state index contributed by atoms with van der Waals surface area (Å²) in [5.74, 6) is 0.104. The van der Waals surface area contributed by atoms with E-state index in [-0.39, 0.29) is 17.3 Å². The summed E-state index contributed by atoms with van der Waals surface area (Å²) >= 11 is 0. The zero-order valence-corrected chi connectivity index (χ0v) is 18.0. The Labute approximate surface area is 182 Å². The van der Waals surface area contributed by atoms with Crippen molar-refractivity contribution in [2.45, 2.75) is 13.3 Å². The Morgan fingerprint density at radius 2 is 1.77 bits per heavy atom. The fraction of sp³-hybridized carbons (Fsp3) is 0.250. The van der Waals surface area contributed by atoms with Crippen molar-refractivity contribution in [2.75, 3.05) is 32.1 Å². The third-order valence-electron chi connectivity index (χ3n) is 4.93. The Hall–Kier alpha value is -3.58. The maximum atomic E-state index is 13.4. The lowest BCUT2D eigenvalue weighted by atomic mass is 9.99. The molecule has 0 aliphatic carbocycles. The highest BCUT2D eigenvalue weighted by Gasteiger charge is 2.26. The molecule has 3 rings (SSSR count). The van der Waals surface area contributed by atoms with E-state index < -0.39 is 4.92 Å². The summed E-state index contributed by atoms with van der Waals surface area (Å²) in [5, 5.41) is 11.7. The summed E-state index contributed by atoms with van der Waals surface area (Å²) in [6, 6.07) is 17.6. The van der Waals surface area contributed by atoms with Crippen LogP contribution in [0.5, 0.6) is 0 Å². The SMILES string of the molecule is Cc1ccc(N(CCCN(C)C)c2ncccc2[N+](=O)[O-])c(C(=O)c2ccccc2)c1. The monoisotopic (exact) mass is 418 g/mol. The van der Waals surface area contributed by atoms with Crippen molar-refractivity contribution in [3.8, 4) is 0 Å². The summed E-state index contributed by atoms with van der Waals surface area (Å²) in [4.78, 5) is 32.8. The molecule has 2 aromatic carbocycles. The van der Waals surface area contributed by atoms with E-state index in [1.54, 1.807) is 23.1 Å². The van der Waals surface area contributed by atoms with Crippen LogP contribution < -0.4 is 4.90 Å². The first kappa shape index (κ1) is 22.1. The fourth-order valence-electron chi connectivity index (χ4n) is 3.44. The summed E-state index contributed by atoms with van der Waals surface area (Å²) < 4.78 is 0. The van der Waals surface area contributed by atoms with Crippen molar-refractivity contribution >= 4 is 23.0 Å². The lowest BCUT2D eigenvalue weighted by Gasteiger charge is -2.26. The number of pyridine rings is 1. The minimum atomic E-state index is -0.436. The van der Waals surface area contributed by atoms with Gasteiger partial charge in [0.15, 0.2) is 5.78 Å². The quantitative estimate of drug-likeness (QED) is 0.287. The molecule has 1 heterocycles. The molecule has 0 fully saturated rings. The average Bonchev–Trinajstić information content (AvgIpc) is 2.77. The number of carbonyl (C=O) groups is 1. The van der Waals surface area contributed by atoms with Crippen molar-refractivity contribution in [1.29, 1.82) is 0 Å². The number of carbonyl (C=O) groups excluding carboxylic acids is 1. The predicted octanol–water partition coefficient (Wildman–Crippen LogP) is 4.62. The maximum absolute atomic E-state index is 13.4. The van der Waals surface area contributed by atoms with Crippen LogP contribution in [0.4, 0.5) is 17.2 Å². The van der Waals surface area contributed by atoms with Crippen LogP contribution in [0.15, 0.2) is 66.9 Å². The van der Waals surface area contributed by atoms with Gasteiger partial charge in [-0.05, 0) is 52.2 Å². The van der Waals surface area contributed by atoms with Gasteiger partial charge in [-0.3, -0.25) is 14.9 Å². The highest BCUT2D eigenvalue weighted by atomic mass is 16.6. The number of aryl methyl sites for hydroxylation is 1. The summed E-state index contributed by atoms with van der Waals surface area (Å²) in [7, 11) is 3.95. The smallest absolute Gasteiger partial charge is 0.311 e. The molecule has 0 atom stereocenters. The van der Waals surface area contributed by atoms with Crippen molar-refractivity contribution in [3.63, 3.8) is 0 Å². The highest BCUT2D eigenvalue weighted by molar-refractivity contribution is 6.13. The summed E-state index contributed by atoms with van der Waals surface area (Å²) in [6.07, 6.45) is 2.28. The van der Waals surface area contributed by atoms with Crippen LogP contribution >= 0.6 is 0 Å². The first-order valence-corrected chi connectivity index (χ1v) is 10.1. The van der Waals surface area contributed by atoms with Gasteiger partial charge >= 0.3 is 5.69 Å². The predicted molar refractivity (Wildman–Crippen MR) is 122 cm³/mol. The van der Waals surface area contributed by atoms with Gasteiger partial charge in [0.05, 0.1) is 10.6 Å². The van der Waals surface area contributed by atoms with Crippen LogP contribution in [0.3, 0.4) is 0 Å². The molecule has 0 aliphatic rings.